The molecule has 5 atom stereocenters. The third-order valence-electron chi connectivity index (χ3n) is 14.2. The molecule has 3 aromatic rings. The number of nitrogens with zero attached hydrogens (tertiary/aromatic N) is 3. The molecule has 7 rings (SSSR count). The number of fused-ring (bicyclic) bond motifs is 2. The number of carbonyl (C=O) groups excluding carboxylic acids is 4. The number of urea groups is 1. The summed E-state index contributed by atoms with van der Waals surface area (Å²) in [6, 6.07) is 11.9. The highest BCUT2D eigenvalue weighted by Crippen LogP contribution is 2.38. The van der Waals surface area contributed by atoms with Gasteiger partial charge in [0.2, 0.25) is 0 Å². The van der Waals surface area contributed by atoms with E-state index in [2.05, 4.69) is 16.3 Å². The van der Waals surface area contributed by atoms with Crippen LogP contribution in [0.3, 0.4) is 0 Å². The standard InChI is InChI=1S/C48H66N4O8/c1-4-58-45(55)31-51-24-21-37(22-25-51)36-12-7-10-34(15-18-36)28-41(53)42(29-35-27-32(2)46-43(30-35)60-48(57)50(46)3)59-44(54)20-17-33-9-8-13-39(19-16-33)52-26-23-38-11-5-6-14-40(38)49-47(52)56/h5-6,11,14,27,30,33-34,36-37,39,42H,4,7-10,12-13,15-26,28-29,31H2,1-3H3,(H,49,56)/t33?,34?,36?,39?,42-/m1/s1. The van der Waals surface area contributed by atoms with Crippen LogP contribution in [0.25, 0.3) is 11.1 Å². The van der Waals surface area contributed by atoms with Gasteiger partial charge in [0.25, 0.3) is 0 Å². The number of aryl methyl sites for hydroxylation is 2. The maximum absolute atomic E-state index is 14.2. The Hall–Kier alpha value is -4.45. The van der Waals surface area contributed by atoms with Gasteiger partial charge in [0, 0.05) is 44.6 Å². The minimum absolute atomic E-state index is 0.0280. The molecule has 4 unspecified atom stereocenters. The van der Waals surface area contributed by atoms with E-state index in [1.54, 1.807) is 13.1 Å². The quantitative estimate of drug-likeness (QED) is 0.126. The van der Waals surface area contributed by atoms with Gasteiger partial charge in [0.15, 0.2) is 17.5 Å². The number of rotatable bonds is 14. The van der Waals surface area contributed by atoms with Gasteiger partial charge in [0.1, 0.15) is 0 Å². The molecular formula is C48H66N4O8. The van der Waals surface area contributed by atoms with E-state index < -0.39 is 11.9 Å². The van der Waals surface area contributed by atoms with Gasteiger partial charge in [-0.25, -0.2) is 9.59 Å². The normalized spacial score (nSPS) is 23.8. The fourth-order valence-electron chi connectivity index (χ4n) is 10.8. The van der Waals surface area contributed by atoms with Crippen LogP contribution in [-0.4, -0.2) is 83.1 Å². The van der Waals surface area contributed by atoms with Crippen LogP contribution in [-0.2, 0) is 43.7 Å². The van der Waals surface area contributed by atoms with Crippen LogP contribution in [0, 0.1) is 30.6 Å². The van der Waals surface area contributed by atoms with E-state index in [0.717, 1.165) is 119 Å². The van der Waals surface area contributed by atoms with E-state index >= 15 is 0 Å². The molecule has 4 aliphatic rings. The van der Waals surface area contributed by atoms with Crippen molar-refractivity contribution in [3.05, 3.63) is 63.6 Å². The topological polar surface area (TPSA) is 140 Å². The summed E-state index contributed by atoms with van der Waals surface area (Å²) in [5.74, 6) is 0.862. The summed E-state index contributed by atoms with van der Waals surface area (Å²) in [6.07, 6.45) is 13.7. The number of Topliss-reactive ketones (excluding diaryl/α,β-unsaturated/α-hetero) is 1. The highest BCUT2D eigenvalue weighted by Gasteiger charge is 2.33. The average Bonchev–Trinajstić information content (AvgIpc) is 3.50. The molecule has 1 aromatic heterocycles. The average molecular weight is 827 g/mol. The van der Waals surface area contributed by atoms with Crippen molar-refractivity contribution < 1.29 is 33.1 Å². The van der Waals surface area contributed by atoms with Crippen LogP contribution in [0.2, 0.25) is 0 Å². The monoisotopic (exact) mass is 826 g/mol. The highest BCUT2D eigenvalue weighted by molar-refractivity contribution is 5.91. The minimum Gasteiger partial charge on any atom is -0.465 e. The van der Waals surface area contributed by atoms with Crippen molar-refractivity contribution in [2.24, 2.45) is 30.7 Å². The second-order valence-corrected chi connectivity index (χ2v) is 18.2. The number of likely N-dealkylation sites (tertiary alicyclic amines) is 1. The summed E-state index contributed by atoms with van der Waals surface area (Å²) in [5, 5.41) is 3.12. The predicted molar refractivity (Wildman–Crippen MR) is 231 cm³/mol. The lowest BCUT2D eigenvalue weighted by Crippen LogP contribution is -2.42. The Balaban J connectivity index is 0.942. The van der Waals surface area contributed by atoms with Gasteiger partial charge in [-0.15, -0.1) is 0 Å². The highest BCUT2D eigenvalue weighted by atomic mass is 16.5. The fourth-order valence-corrected chi connectivity index (χ4v) is 10.8. The smallest absolute Gasteiger partial charge is 0.419 e. The number of amides is 2. The number of para-hydroxylation sites is 1. The molecule has 326 valence electrons. The molecule has 60 heavy (non-hydrogen) atoms. The Kier molecular flexibility index (Phi) is 14.8. The van der Waals surface area contributed by atoms with Crippen molar-refractivity contribution in [1.29, 1.82) is 0 Å². The number of aromatic nitrogens is 1. The van der Waals surface area contributed by atoms with Crippen molar-refractivity contribution in [3.63, 3.8) is 0 Å². The third kappa shape index (κ3) is 11.1. The number of esters is 2. The van der Waals surface area contributed by atoms with Crippen LogP contribution in [0.5, 0.6) is 0 Å². The van der Waals surface area contributed by atoms with Crippen molar-refractivity contribution in [3.8, 4) is 0 Å². The Bertz CT molecular complexity index is 2030. The number of ether oxygens (including phenoxy) is 2. The second-order valence-electron chi connectivity index (χ2n) is 18.2. The molecule has 1 saturated heterocycles. The molecule has 2 saturated carbocycles. The van der Waals surface area contributed by atoms with Gasteiger partial charge in [-0.05, 0) is 137 Å². The summed E-state index contributed by atoms with van der Waals surface area (Å²) in [5.41, 5.74) is 4.90. The van der Waals surface area contributed by atoms with Crippen molar-refractivity contribution in [1.82, 2.24) is 14.4 Å². The van der Waals surface area contributed by atoms with Crippen LogP contribution in [0.15, 0.2) is 45.6 Å². The Morgan fingerprint density at radius 3 is 2.43 bits per heavy atom. The predicted octanol–water partition coefficient (Wildman–Crippen LogP) is 8.14. The summed E-state index contributed by atoms with van der Waals surface area (Å²) in [7, 11) is 1.68. The number of anilines is 1. The van der Waals surface area contributed by atoms with Crippen LogP contribution < -0.4 is 11.1 Å². The molecule has 1 N–H and O–H groups in total. The lowest BCUT2D eigenvalue weighted by Gasteiger charge is -2.35. The van der Waals surface area contributed by atoms with E-state index in [0.29, 0.717) is 61.4 Å². The van der Waals surface area contributed by atoms with Gasteiger partial charge in [-0.3, -0.25) is 23.9 Å². The molecule has 0 radical (unpaired) electrons. The van der Waals surface area contributed by atoms with E-state index in [4.69, 9.17) is 13.9 Å². The number of hydrogen-bond acceptors (Lipinski definition) is 9. The zero-order valence-corrected chi connectivity index (χ0v) is 36.1. The van der Waals surface area contributed by atoms with E-state index in [1.807, 2.05) is 43.0 Å². The van der Waals surface area contributed by atoms with Crippen molar-refractivity contribution in [2.45, 2.75) is 135 Å². The summed E-state index contributed by atoms with van der Waals surface area (Å²) < 4.78 is 18.3. The lowest BCUT2D eigenvalue weighted by molar-refractivity contribution is -0.155. The first-order valence-corrected chi connectivity index (χ1v) is 22.9. The van der Waals surface area contributed by atoms with Crippen molar-refractivity contribution in [2.75, 3.05) is 38.1 Å². The van der Waals surface area contributed by atoms with E-state index in [1.165, 1.54) is 4.57 Å². The maximum Gasteiger partial charge on any atom is 0.419 e. The molecule has 0 spiro atoms. The molecular weight excluding hydrogens is 761 g/mol. The van der Waals surface area contributed by atoms with Gasteiger partial charge >= 0.3 is 23.7 Å². The SMILES string of the molecule is CCOC(=O)CN1CCC(C2CCCC(CC(=O)[C@@H](Cc3cc(C)c4c(c3)oc(=O)n4C)OC(=O)CCC3CCCC(N4CCc5ccccc5NC4=O)CC3)CC2)CC1. The zero-order valence-electron chi connectivity index (χ0n) is 36.1. The number of piperidine rings is 1. The minimum atomic E-state index is -0.920. The van der Waals surface area contributed by atoms with Crippen LogP contribution in [0.4, 0.5) is 10.5 Å². The molecule has 2 aromatic carbocycles. The fraction of sp³-hybridized carbons (Fsp3) is 0.646. The molecule has 3 fully saturated rings. The number of carbonyl (C=O) groups is 4. The first kappa shape index (κ1) is 43.6. The van der Waals surface area contributed by atoms with Crippen LogP contribution >= 0.6 is 0 Å². The molecule has 0 bridgehead atoms. The molecule has 2 amide bonds. The van der Waals surface area contributed by atoms with Gasteiger partial charge in [-0.1, -0.05) is 56.4 Å². The molecule has 12 heteroatoms. The van der Waals surface area contributed by atoms with E-state index in [-0.39, 0.29) is 48.6 Å². The molecule has 12 nitrogen and oxygen atoms in total. The largest absolute Gasteiger partial charge is 0.465 e. The number of nitrogens with one attached hydrogen (secondary N) is 1. The number of oxazole rings is 1. The van der Waals surface area contributed by atoms with Gasteiger partial charge in [-0.2, -0.15) is 0 Å². The third-order valence-corrected chi connectivity index (χ3v) is 14.2. The first-order valence-electron chi connectivity index (χ1n) is 22.9. The van der Waals surface area contributed by atoms with E-state index in [9.17, 15) is 24.0 Å². The molecule has 3 heterocycles. The Morgan fingerprint density at radius 2 is 1.62 bits per heavy atom. The van der Waals surface area contributed by atoms with Gasteiger partial charge in [0.05, 0.1) is 18.7 Å². The van der Waals surface area contributed by atoms with Crippen LogP contribution in [0.1, 0.15) is 120 Å². The zero-order chi connectivity index (χ0) is 42.2. The lowest BCUT2D eigenvalue weighted by atomic mass is 9.79. The molecule has 2 aliphatic heterocycles. The molecule has 2 aliphatic carbocycles. The summed E-state index contributed by atoms with van der Waals surface area (Å²) in [4.78, 5) is 69.7. The maximum atomic E-state index is 14.2. The number of hydrogen-bond donors (Lipinski definition) is 1. The Morgan fingerprint density at radius 1 is 0.867 bits per heavy atom. The second kappa shape index (κ2) is 20.4. The summed E-state index contributed by atoms with van der Waals surface area (Å²) >= 11 is 0. The first-order chi connectivity index (χ1) is 29.0. The summed E-state index contributed by atoms with van der Waals surface area (Å²) in [6.45, 7) is 7.07. The Labute approximate surface area is 354 Å². The number of benzene rings is 2. The van der Waals surface area contributed by atoms with Gasteiger partial charge < -0.3 is 24.1 Å². The number of ketones is 1. The van der Waals surface area contributed by atoms with Crippen molar-refractivity contribution >= 4 is 40.5 Å².